The van der Waals surface area contributed by atoms with Crippen molar-refractivity contribution in [2.45, 2.75) is 69.4 Å². The van der Waals surface area contributed by atoms with Crippen LogP contribution in [0.2, 0.25) is 0 Å². The minimum Gasteiger partial charge on any atom is -0.375 e. The van der Waals surface area contributed by atoms with E-state index in [9.17, 15) is 0 Å². The van der Waals surface area contributed by atoms with E-state index < -0.39 is 0 Å². The molecular formula is C17H32N2O. The van der Waals surface area contributed by atoms with E-state index in [4.69, 9.17) is 4.74 Å². The highest BCUT2D eigenvalue weighted by Gasteiger charge is 2.38. The summed E-state index contributed by atoms with van der Waals surface area (Å²) in [7, 11) is 2.24. The fourth-order valence-electron chi connectivity index (χ4n) is 4.35. The first-order valence-electron chi connectivity index (χ1n) is 8.82. The summed E-state index contributed by atoms with van der Waals surface area (Å²) in [6.07, 6.45) is 12.0. The van der Waals surface area contributed by atoms with Gasteiger partial charge in [0.25, 0.3) is 0 Å². The minimum absolute atomic E-state index is 0.251. The molecule has 116 valence electrons. The lowest BCUT2D eigenvalue weighted by Gasteiger charge is -2.44. The maximum Gasteiger partial charge on any atom is 0.0697 e. The third-order valence-electron chi connectivity index (χ3n) is 5.79. The van der Waals surface area contributed by atoms with Crippen molar-refractivity contribution in [3.05, 3.63) is 0 Å². The summed E-state index contributed by atoms with van der Waals surface area (Å²) >= 11 is 0. The van der Waals surface area contributed by atoms with Gasteiger partial charge in [-0.2, -0.15) is 0 Å². The number of nitrogens with one attached hydrogen (secondary N) is 1. The molecule has 1 atom stereocenters. The zero-order chi connectivity index (χ0) is 13.8. The van der Waals surface area contributed by atoms with E-state index in [1.165, 1.54) is 77.4 Å². The highest BCUT2D eigenvalue weighted by Crippen LogP contribution is 2.38. The van der Waals surface area contributed by atoms with Crippen molar-refractivity contribution < 1.29 is 4.74 Å². The highest BCUT2D eigenvalue weighted by atomic mass is 16.5. The van der Waals surface area contributed by atoms with Gasteiger partial charge in [0.15, 0.2) is 0 Å². The number of hydrogen-bond donors (Lipinski definition) is 1. The first-order valence-corrected chi connectivity index (χ1v) is 8.82. The number of likely N-dealkylation sites (tertiary alicyclic amines) is 1. The van der Waals surface area contributed by atoms with Crippen LogP contribution in [0.5, 0.6) is 0 Å². The lowest BCUT2D eigenvalue weighted by Crippen LogP contribution is -2.49. The number of rotatable bonds is 3. The maximum atomic E-state index is 6.20. The second-order valence-corrected chi connectivity index (χ2v) is 7.44. The molecule has 0 radical (unpaired) electrons. The van der Waals surface area contributed by atoms with E-state index in [1.54, 1.807) is 0 Å². The number of nitrogens with zero attached hydrogens (tertiary/aromatic N) is 1. The van der Waals surface area contributed by atoms with Gasteiger partial charge in [0, 0.05) is 12.6 Å². The van der Waals surface area contributed by atoms with Crippen LogP contribution in [0.15, 0.2) is 0 Å². The molecular weight excluding hydrogens is 248 g/mol. The van der Waals surface area contributed by atoms with E-state index in [0.717, 1.165) is 12.5 Å². The molecule has 3 aliphatic rings. The summed E-state index contributed by atoms with van der Waals surface area (Å²) in [4.78, 5) is 2.46. The molecule has 0 bridgehead atoms. The molecule has 0 aromatic rings. The molecule has 2 saturated heterocycles. The second kappa shape index (κ2) is 6.76. The smallest absolute Gasteiger partial charge is 0.0697 e. The Hall–Kier alpha value is -0.120. The molecule has 1 aliphatic carbocycles. The van der Waals surface area contributed by atoms with Crippen molar-refractivity contribution in [1.82, 2.24) is 10.2 Å². The summed E-state index contributed by atoms with van der Waals surface area (Å²) in [5.41, 5.74) is 0.251. The molecule has 1 saturated carbocycles. The fourth-order valence-corrected chi connectivity index (χ4v) is 4.35. The lowest BCUT2D eigenvalue weighted by molar-refractivity contribution is -0.109. The molecule has 1 unspecified atom stereocenters. The fraction of sp³-hybridized carbons (Fsp3) is 1.00. The van der Waals surface area contributed by atoms with Gasteiger partial charge in [0.05, 0.1) is 5.60 Å². The van der Waals surface area contributed by atoms with E-state index >= 15 is 0 Å². The van der Waals surface area contributed by atoms with Gasteiger partial charge in [-0.1, -0.05) is 19.3 Å². The van der Waals surface area contributed by atoms with Gasteiger partial charge in [-0.25, -0.2) is 0 Å². The molecule has 2 aliphatic heterocycles. The van der Waals surface area contributed by atoms with Crippen molar-refractivity contribution in [1.29, 1.82) is 0 Å². The van der Waals surface area contributed by atoms with Crippen molar-refractivity contribution in [3.8, 4) is 0 Å². The average Bonchev–Trinajstić information content (AvgIpc) is 2.48. The third kappa shape index (κ3) is 3.75. The zero-order valence-electron chi connectivity index (χ0n) is 13.2. The molecule has 1 spiro atoms. The number of hydrogen-bond acceptors (Lipinski definition) is 3. The largest absolute Gasteiger partial charge is 0.375 e. The standard InChI is InChI=1S/C17H32N2O/c1-19-10-5-15(6-11-19)14-18-16-7-12-20-17(13-16)8-3-2-4-9-17/h15-16,18H,2-14H2,1H3. The van der Waals surface area contributed by atoms with Crippen LogP contribution in [0.1, 0.15) is 57.8 Å². The lowest BCUT2D eigenvalue weighted by atomic mass is 9.78. The predicted octanol–water partition coefficient (Wildman–Crippen LogP) is 2.80. The van der Waals surface area contributed by atoms with Gasteiger partial charge < -0.3 is 15.0 Å². The summed E-state index contributed by atoms with van der Waals surface area (Å²) in [5, 5.41) is 3.88. The first-order chi connectivity index (χ1) is 9.76. The van der Waals surface area contributed by atoms with Crippen LogP contribution in [-0.4, -0.2) is 49.8 Å². The molecule has 0 aromatic heterocycles. The van der Waals surface area contributed by atoms with Gasteiger partial charge in [-0.05, 0) is 71.1 Å². The molecule has 0 aromatic carbocycles. The third-order valence-corrected chi connectivity index (χ3v) is 5.79. The summed E-state index contributed by atoms with van der Waals surface area (Å²) < 4.78 is 6.20. The van der Waals surface area contributed by atoms with E-state index in [0.29, 0.717) is 6.04 Å². The normalized spacial score (nSPS) is 32.5. The molecule has 0 amide bonds. The van der Waals surface area contributed by atoms with Crippen molar-refractivity contribution in [3.63, 3.8) is 0 Å². The Labute approximate surface area is 124 Å². The SMILES string of the molecule is CN1CCC(CNC2CCOC3(CCCCC3)C2)CC1. The van der Waals surface area contributed by atoms with E-state index in [-0.39, 0.29) is 5.60 Å². The Morgan fingerprint density at radius 1 is 1.10 bits per heavy atom. The van der Waals surface area contributed by atoms with Gasteiger partial charge in [-0.3, -0.25) is 0 Å². The molecule has 2 heterocycles. The Kier molecular flexibility index (Phi) is 5.00. The number of piperidine rings is 1. The van der Waals surface area contributed by atoms with Crippen LogP contribution >= 0.6 is 0 Å². The van der Waals surface area contributed by atoms with Crippen LogP contribution in [-0.2, 0) is 4.74 Å². The summed E-state index contributed by atoms with van der Waals surface area (Å²) in [6.45, 7) is 4.77. The molecule has 3 fully saturated rings. The van der Waals surface area contributed by atoms with Crippen molar-refractivity contribution in [2.24, 2.45) is 5.92 Å². The molecule has 3 rings (SSSR count). The molecule has 20 heavy (non-hydrogen) atoms. The van der Waals surface area contributed by atoms with E-state index in [1.807, 2.05) is 0 Å². The van der Waals surface area contributed by atoms with Gasteiger partial charge in [0.1, 0.15) is 0 Å². The van der Waals surface area contributed by atoms with Crippen molar-refractivity contribution in [2.75, 3.05) is 33.3 Å². The first kappa shape index (κ1) is 14.8. The predicted molar refractivity (Wildman–Crippen MR) is 83.0 cm³/mol. The van der Waals surface area contributed by atoms with E-state index in [2.05, 4.69) is 17.3 Å². The Morgan fingerprint density at radius 3 is 2.60 bits per heavy atom. The van der Waals surface area contributed by atoms with Crippen LogP contribution in [0, 0.1) is 5.92 Å². The summed E-state index contributed by atoms with van der Waals surface area (Å²) in [5.74, 6) is 0.899. The van der Waals surface area contributed by atoms with Crippen molar-refractivity contribution >= 4 is 0 Å². The van der Waals surface area contributed by atoms with Crippen LogP contribution in [0.25, 0.3) is 0 Å². The molecule has 1 N–H and O–H groups in total. The molecule has 3 nitrogen and oxygen atoms in total. The highest BCUT2D eigenvalue weighted by molar-refractivity contribution is 4.92. The Morgan fingerprint density at radius 2 is 1.85 bits per heavy atom. The monoisotopic (exact) mass is 280 g/mol. The summed E-state index contributed by atoms with van der Waals surface area (Å²) in [6, 6.07) is 0.710. The topological polar surface area (TPSA) is 24.5 Å². The minimum atomic E-state index is 0.251. The van der Waals surface area contributed by atoms with Crippen LogP contribution < -0.4 is 5.32 Å². The maximum absolute atomic E-state index is 6.20. The van der Waals surface area contributed by atoms with Crippen LogP contribution in [0.3, 0.4) is 0 Å². The zero-order valence-corrected chi connectivity index (χ0v) is 13.2. The second-order valence-electron chi connectivity index (χ2n) is 7.44. The molecule has 3 heteroatoms. The van der Waals surface area contributed by atoms with Crippen LogP contribution in [0.4, 0.5) is 0 Å². The Bertz CT molecular complexity index is 288. The number of ether oxygens (including phenoxy) is 1. The average molecular weight is 280 g/mol. The van der Waals surface area contributed by atoms with Gasteiger partial charge in [0.2, 0.25) is 0 Å². The Balaban J connectivity index is 1.43. The van der Waals surface area contributed by atoms with Gasteiger partial charge >= 0.3 is 0 Å². The quantitative estimate of drug-likeness (QED) is 0.860. The van der Waals surface area contributed by atoms with Gasteiger partial charge in [-0.15, -0.1) is 0 Å².